The van der Waals surface area contributed by atoms with Crippen LogP contribution >= 0.6 is 11.3 Å². The molecule has 0 unspecified atom stereocenters. The van der Waals surface area contributed by atoms with Gasteiger partial charge >= 0.3 is 0 Å². The Labute approximate surface area is 170 Å². The summed E-state index contributed by atoms with van der Waals surface area (Å²) in [7, 11) is 0. The zero-order valence-corrected chi connectivity index (χ0v) is 16.4. The van der Waals surface area contributed by atoms with Gasteiger partial charge in [-0.05, 0) is 44.2 Å². The lowest BCUT2D eigenvalue weighted by Crippen LogP contribution is -2.29. The molecule has 2 atom stereocenters. The molecule has 2 fully saturated rings. The van der Waals surface area contributed by atoms with Crippen LogP contribution in [0.15, 0.2) is 34.1 Å². The van der Waals surface area contributed by atoms with Crippen molar-refractivity contribution in [1.29, 1.82) is 0 Å². The molecule has 1 aromatic carbocycles. The minimum absolute atomic E-state index is 0.220. The van der Waals surface area contributed by atoms with Crippen LogP contribution in [0.25, 0.3) is 20.8 Å². The van der Waals surface area contributed by atoms with Crippen molar-refractivity contribution in [3.05, 3.63) is 34.6 Å². The first-order chi connectivity index (χ1) is 14.1. The minimum atomic E-state index is -1.04. The number of aromatic nitrogens is 3. The van der Waals surface area contributed by atoms with Gasteiger partial charge in [0, 0.05) is 6.04 Å². The van der Waals surface area contributed by atoms with Crippen LogP contribution in [0.4, 0.5) is 11.8 Å². The van der Waals surface area contributed by atoms with Crippen molar-refractivity contribution in [2.45, 2.75) is 50.4 Å². The van der Waals surface area contributed by atoms with E-state index < -0.39 is 12.2 Å². The van der Waals surface area contributed by atoms with E-state index in [0.29, 0.717) is 35.6 Å². The van der Waals surface area contributed by atoms with E-state index in [1.807, 2.05) is 24.3 Å². The van der Waals surface area contributed by atoms with E-state index >= 15 is 0 Å². The molecule has 0 amide bonds. The number of H-pyrrole nitrogens is 1. The van der Waals surface area contributed by atoms with E-state index in [4.69, 9.17) is 0 Å². The standard InChI is InChI=1S/C20H21N5O3S/c26-13-9-8-12(16(13)27)22-17-15(19-23-11-6-1-2-7-14(11)29-19)18(28)25-20(24-17)21-10-4-3-5-10/h1-2,6-7,10,13,16,26-27H,3-5,8-9H2,(H2,21,24,25,28)/t13-,16+/m1/s1. The number of hydrogen-bond donors (Lipinski definition) is 4. The van der Waals surface area contributed by atoms with Crippen molar-refractivity contribution in [3.63, 3.8) is 0 Å². The average Bonchev–Trinajstić information content (AvgIpc) is 3.23. The molecule has 2 heterocycles. The fourth-order valence-corrected chi connectivity index (χ4v) is 4.61. The van der Waals surface area contributed by atoms with E-state index in [-0.39, 0.29) is 16.9 Å². The van der Waals surface area contributed by atoms with Gasteiger partial charge in [-0.2, -0.15) is 4.98 Å². The summed E-state index contributed by atoms with van der Waals surface area (Å²) in [6.07, 6.45) is 2.26. The molecule has 2 aliphatic rings. The number of aliphatic imine (C=N–C) groups is 1. The third kappa shape index (κ3) is 3.45. The fraction of sp³-hybridized carbons (Fsp3) is 0.400. The second kappa shape index (κ2) is 7.33. The quantitative estimate of drug-likeness (QED) is 0.523. The molecule has 2 aromatic heterocycles. The predicted octanol–water partition coefficient (Wildman–Crippen LogP) is 2.60. The molecule has 3 aromatic rings. The van der Waals surface area contributed by atoms with Gasteiger partial charge in [0.15, 0.2) is 5.82 Å². The molecule has 150 valence electrons. The SMILES string of the molecule is O=c1[nH]c(NC2CCC2)nc(N=C2CC[C@@H](O)[C@H]2O)c1-c1nc2ccccc2s1. The smallest absolute Gasteiger partial charge is 0.264 e. The molecule has 29 heavy (non-hydrogen) atoms. The number of benzene rings is 1. The Balaban J connectivity index is 1.64. The summed E-state index contributed by atoms with van der Waals surface area (Å²) in [6, 6.07) is 7.97. The van der Waals surface area contributed by atoms with Gasteiger partial charge in [-0.25, -0.2) is 9.98 Å². The minimum Gasteiger partial charge on any atom is -0.390 e. The Bertz CT molecular complexity index is 1120. The summed E-state index contributed by atoms with van der Waals surface area (Å²) < 4.78 is 0.966. The van der Waals surface area contributed by atoms with Crippen molar-refractivity contribution in [2.24, 2.45) is 4.99 Å². The van der Waals surface area contributed by atoms with Crippen LogP contribution in [0.1, 0.15) is 32.1 Å². The largest absolute Gasteiger partial charge is 0.390 e. The Morgan fingerprint density at radius 3 is 2.69 bits per heavy atom. The highest BCUT2D eigenvalue weighted by Crippen LogP contribution is 2.34. The van der Waals surface area contributed by atoms with Gasteiger partial charge in [0.1, 0.15) is 16.7 Å². The summed E-state index contributed by atoms with van der Waals surface area (Å²) in [5.41, 5.74) is 1.20. The maximum Gasteiger partial charge on any atom is 0.264 e. The van der Waals surface area contributed by atoms with Gasteiger partial charge in [0.05, 0.1) is 22.0 Å². The molecule has 0 radical (unpaired) electrons. The summed E-state index contributed by atoms with van der Waals surface area (Å²) in [5.74, 6) is 0.592. The van der Waals surface area contributed by atoms with Crippen molar-refractivity contribution in [3.8, 4) is 10.6 Å². The molecule has 8 nitrogen and oxygen atoms in total. The van der Waals surface area contributed by atoms with Crippen molar-refractivity contribution >= 4 is 39.0 Å². The maximum absolute atomic E-state index is 13.0. The van der Waals surface area contributed by atoms with Gasteiger partial charge < -0.3 is 15.5 Å². The third-order valence-corrected chi connectivity index (χ3v) is 6.56. The van der Waals surface area contributed by atoms with Gasteiger partial charge in [0.2, 0.25) is 5.95 Å². The van der Waals surface area contributed by atoms with Crippen LogP contribution in [0.2, 0.25) is 0 Å². The number of aliphatic hydroxyl groups is 2. The van der Waals surface area contributed by atoms with Crippen LogP contribution in [-0.4, -0.2) is 49.1 Å². The lowest BCUT2D eigenvalue weighted by atomic mass is 9.93. The van der Waals surface area contributed by atoms with Gasteiger partial charge in [-0.3, -0.25) is 9.78 Å². The van der Waals surface area contributed by atoms with Crippen LogP contribution in [0.5, 0.6) is 0 Å². The fourth-order valence-electron chi connectivity index (χ4n) is 3.61. The first-order valence-electron chi connectivity index (χ1n) is 9.79. The molecule has 2 saturated carbocycles. The highest BCUT2D eigenvalue weighted by Gasteiger charge is 2.30. The highest BCUT2D eigenvalue weighted by atomic mass is 32.1. The van der Waals surface area contributed by atoms with Crippen LogP contribution in [0, 0.1) is 0 Å². The number of anilines is 1. The second-order valence-corrected chi connectivity index (χ2v) is 8.56. The first-order valence-corrected chi connectivity index (χ1v) is 10.6. The number of nitrogens with zero attached hydrogens (tertiary/aromatic N) is 3. The monoisotopic (exact) mass is 411 g/mol. The van der Waals surface area contributed by atoms with Gasteiger partial charge in [-0.15, -0.1) is 11.3 Å². The van der Waals surface area contributed by atoms with Crippen LogP contribution in [-0.2, 0) is 0 Å². The number of rotatable bonds is 4. The number of nitrogens with one attached hydrogen (secondary N) is 2. The summed E-state index contributed by atoms with van der Waals surface area (Å²) in [6.45, 7) is 0. The number of thiazole rings is 1. The molecular formula is C20H21N5O3S. The average molecular weight is 411 g/mol. The Morgan fingerprint density at radius 2 is 2.00 bits per heavy atom. The zero-order valence-electron chi connectivity index (χ0n) is 15.6. The van der Waals surface area contributed by atoms with Crippen LogP contribution in [0.3, 0.4) is 0 Å². The zero-order chi connectivity index (χ0) is 20.0. The molecular weight excluding hydrogens is 390 g/mol. The maximum atomic E-state index is 13.0. The van der Waals surface area contributed by atoms with Gasteiger partial charge in [0.25, 0.3) is 5.56 Å². The van der Waals surface area contributed by atoms with Crippen molar-refractivity contribution in [1.82, 2.24) is 15.0 Å². The van der Waals surface area contributed by atoms with E-state index in [9.17, 15) is 15.0 Å². The van der Waals surface area contributed by atoms with E-state index in [2.05, 4.69) is 25.3 Å². The van der Waals surface area contributed by atoms with Crippen molar-refractivity contribution in [2.75, 3.05) is 5.32 Å². The molecule has 4 N–H and O–H groups in total. The second-order valence-electron chi connectivity index (χ2n) is 7.53. The molecule has 2 aliphatic carbocycles. The van der Waals surface area contributed by atoms with Gasteiger partial charge in [-0.1, -0.05) is 12.1 Å². The number of aliphatic hydroxyl groups excluding tert-OH is 2. The Kier molecular flexibility index (Phi) is 4.65. The molecule has 0 aliphatic heterocycles. The highest BCUT2D eigenvalue weighted by molar-refractivity contribution is 7.21. The molecule has 0 saturated heterocycles. The lowest BCUT2D eigenvalue weighted by molar-refractivity contribution is 0.0713. The van der Waals surface area contributed by atoms with E-state index in [0.717, 1.165) is 29.5 Å². The Hall–Kier alpha value is -2.62. The Morgan fingerprint density at radius 1 is 1.17 bits per heavy atom. The molecule has 0 spiro atoms. The summed E-state index contributed by atoms with van der Waals surface area (Å²) >= 11 is 1.40. The predicted molar refractivity (Wildman–Crippen MR) is 113 cm³/mol. The van der Waals surface area contributed by atoms with Crippen LogP contribution < -0.4 is 10.9 Å². The lowest BCUT2D eigenvalue weighted by Gasteiger charge is -2.26. The molecule has 5 rings (SSSR count). The third-order valence-electron chi connectivity index (χ3n) is 5.51. The summed E-state index contributed by atoms with van der Waals surface area (Å²) in [4.78, 5) is 29.4. The number of aromatic amines is 1. The van der Waals surface area contributed by atoms with E-state index in [1.165, 1.54) is 11.3 Å². The number of para-hydroxylation sites is 1. The van der Waals surface area contributed by atoms with E-state index in [1.54, 1.807) is 0 Å². The normalized spacial score (nSPS) is 23.6. The number of hydrogen-bond acceptors (Lipinski definition) is 8. The first kappa shape index (κ1) is 18.4. The summed E-state index contributed by atoms with van der Waals surface area (Å²) in [5, 5.41) is 23.8. The molecule has 0 bridgehead atoms. The van der Waals surface area contributed by atoms with Crippen molar-refractivity contribution < 1.29 is 10.2 Å². The molecule has 9 heteroatoms. The topological polar surface area (TPSA) is 123 Å². The number of fused-ring (bicyclic) bond motifs is 1.